The lowest BCUT2D eigenvalue weighted by Gasteiger charge is -2.28. The number of phenols is 2. The van der Waals surface area contributed by atoms with Crippen LogP contribution in [-0.2, 0) is 24.0 Å². The molecule has 15 heteroatoms. The number of aromatic hydroxyl groups is 2. The number of carboxylic acids is 3. The lowest BCUT2D eigenvalue weighted by atomic mass is 10.3. The van der Waals surface area contributed by atoms with Gasteiger partial charge in [-0.15, -0.1) is 0 Å². The maximum atomic E-state index is 12.5. The number of hydrogen-bond donors (Lipinski definition) is 7. The van der Waals surface area contributed by atoms with Crippen molar-refractivity contribution < 1.29 is 49.5 Å². The highest BCUT2D eigenvalue weighted by atomic mass is 16.4. The topological polar surface area (TPSA) is 220 Å². The van der Waals surface area contributed by atoms with Gasteiger partial charge in [-0.3, -0.25) is 38.7 Å². The van der Waals surface area contributed by atoms with Gasteiger partial charge >= 0.3 is 17.9 Å². The molecular formula is C26H33N5O10. The van der Waals surface area contributed by atoms with Gasteiger partial charge in [0.1, 0.15) is 11.5 Å². The van der Waals surface area contributed by atoms with E-state index in [1.54, 1.807) is 24.3 Å². The van der Waals surface area contributed by atoms with Crippen molar-refractivity contribution in [1.29, 1.82) is 0 Å². The molecule has 0 spiro atoms. The van der Waals surface area contributed by atoms with E-state index in [0.717, 1.165) is 0 Å². The minimum atomic E-state index is -1.21. The van der Waals surface area contributed by atoms with Gasteiger partial charge < -0.3 is 36.2 Å². The average Bonchev–Trinajstić information content (AvgIpc) is 2.87. The van der Waals surface area contributed by atoms with Crippen molar-refractivity contribution in [2.45, 2.75) is 0 Å². The molecule has 2 rings (SSSR count). The highest BCUT2D eigenvalue weighted by Gasteiger charge is 2.20. The van der Waals surface area contributed by atoms with Gasteiger partial charge in [0.25, 0.3) is 0 Å². The molecule has 0 saturated heterocycles. The molecule has 41 heavy (non-hydrogen) atoms. The Morgan fingerprint density at radius 3 is 1.17 bits per heavy atom. The predicted octanol–water partition coefficient (Wildman–Crippen LogP) is -0.165. The number of nitrogens with zero attached hydrogens (tertiary/aromatic N) is 3. The summed E-state index contributed by atoms with van der Waals surface area (Å²) in [7, 11) is 0. The number of hydrogen-bond acceptors (Lipinski definition) is 10. The summed E-state index contributed by atoms with van der Waals surface area (Å²) in [6.45, 7) is -2.27. The van der Waals surface area contributed by atoms with Crippen LogP contribution in [0.15, 0.2) is 48.5 Å². The number of benzene rings is 2. The van der Waals surface area contributed by atoms with Gasteiger partial charge in [0.15, 0.2) is 0 Å². The fourth-order valence-electron chi connectivity index (χ4n) is 3.78. The number of anilines is 2. The van der Waals surface area contributed by atoms with Crippen molar-refractivity contribution in [1.82, 2.24) is 14.7 Å². The lowest BCUT2D eigenvalue weighted by Crippen LogP contribution is -2.46. The summed E-state index contributed by atoms with van der Waals surface area (Å²) < 4.78 is 0. The van der Waals surface area contributed by atoms with E-state index in [1.807, 2.05) is 0 Å². The van der Waals surface area contributed by atoms with Crippen LogP contribution in [0.2, 0.25) is 0 Å². The molecule has 15 nitrogen and oxygen atoms in total. The van der Waals surface area contributed by atoms with Gasteiger partial charge in [-0.25, -0.2) is 0 Å². The minimum Gasteiger partial charge on any atom is -0.506 e. The van der Waals surface area contributed by atoms with E-state index >= 15 is 0 Å². The van der Waals surface area contributed by atoms with E-state index in [9.17, 15) is 49.5 Å². The molecule has 0 bridgehead atoms. The van der Waals surface area contributed by atoms with Crippen molar-refractivity contribution in [2.75, 3.05) is 69.5 Å². The van der Waals surface area contributed by atoms with Crippen molar-refractivity contribution in [2.24, 2.45) is 0 Å². The second-order valence-corrected chi connectivity index (χ2v) is 9.01. The fraction of sp³-hybridized carbons (Fsp3) is 0.346. The Morgan fingerprint density at radius 1 is 0.512 bits per heavy atom. The standard InChI is InChI=1S/C26H33N5O10/c32-20-7-3-1-5-18(20)27-22(34)13-30(16-25(38)39)11-9-29(15-24(36)37)10-12-31(17-26(40)41)14-23(35)28-19-6-2-4-8-21(19)33/h1-8,32-33H,9-17H2,(H,27,34)(H,28,35)(H,36,37)(H,38,39)(H,40,41). The summed E-state index contributed by atoms with van der Waals surface area (Å²) in [5, 5.41) is 52.5. The Balaban J connectivity index is 2.01. The zero-order chi connectivity index (χ0) is 30.4. The molecule has 2 aromatic rings. The third-order valence-electron chi connectivity index (χ3n) is 5.63. The monoisotopic (exact) mass is 575 g/mol. The highest BCUT2D eigenvalue weighted by Crippen LogP contribution is 2.22. The van der Waals surface area contributed by atoms with Crippen molar-refractivity contribution in [3.63, 3.8) is 0 Å². The number of para-hydroxylation sites is 4. The first-order valence-corrected chi connectivity index (χ1v) is 12.4. The second kappa shape index (κ2) is 16.4. The molecular weight excluding hydrogens is 542 g/mol. The number of carboxylic acid groups (broad SMARTS) is 3. The van der Waals surface area contributed by atoms with Crippen LogP contribution in [0.3, 0.4) is 0 Å². The first-order valence-electron chi connectivity index (χ1n) is 12.4. The smallest absolute Gasteiger partial charge is 0.317 e. The third kappa shape index (κ3) is 12.8. The molecule has 7 N–H and O–H groups in total. The fourth-order valence-corrected chi connectivity index (χ4v) is 3.78. The molecule has 0 aliphatic heterocycles. The molecule has 0 aliphatic rings. The first-order chi connectivity index (χ1) is 19.4. The molecule has 0 heterocycles. The van der Waals surface area contributed by atoms with Gasteiger partial charge in [0.05, 0.1) is 44.1 Å². The zero-order valence-electron chi connectivity index (χ0n) is 22.1. The molecule has 2 amide bonds. The molecule has 0 unspecified atom stereocenters. The Morgan fingerprint density at radius 2 is 0.829 bits per heavy atom. The molecule has 0 aromatic heterocycles. The van der Waals surface area contributed by atoms with Crippen molar-refractivity contribution >= 4 is 41.1 Å². The van der Waals surface area contributed by atoms with Crippen LogP contribution in [-0.4, -0.2) is 129 Å². The zero-order valence-corrected chi connectivity index (χ0v) is 22.1. The van der Waals surface area contributed by atoms with E-state index < -0.39 is 49.4 Å². The average molecular weight is 576 g/mol. The number of carbonyl (C=O) groups excluding carboxylic acids is 2. The van der Waals surface area contributed by atoms with E-state index in [2.05, 4.69) is 10.6 Å². The Labute approximate surface area is 235 Å². The van der Waals surface area contributed by atoms with E-state index in [1.165, 1.54) is 39.0 Å². The van der Waals surface area contributed by atoms with Gasteiger partial charge in [-0.2, -0.15) is 0 Å². The van der Waals surface area contributed by atoms with Crippen molar-refractivity contribution in [3.05, 3.63) is 48.5 Å². The largest absolute Gasteiger partial charge is 0.506 e. The Kier molecular flexibility index (Phi) is 13.0. The number of phenolic OH excluding ortho intramolecular Hbond substituents is 2. The number of rotatable bonds is 18. The summed E-state index contributed by atoms with van der Waals surface area (Å²) in [4.78, 5) is 63.1. The summed E-state index contributed by atoms with van der Waals surface area (Å²) in [6, 6.07) is 12.0. The summed E-state index contributed by atoms with van der Waals surface area (Å²) in [6.07, 6.45) is 0. The lowest BCUT2D eigenvalue weighted by molar-refractivity contribution is -0.140. The van der Waals surface area contributed by atoms with Crippen LogP contribution in [0.25, 0.3) is 0 Å². The summed E-state index contributed by atoms with van der Waals surface area (Å²) in [5.41, 5.74) is 0.288. The van der Waals surface area contributed by atoms with E-state index in [-0.39, 0.29) is 62.1 Å². The highest BCUT2D eigenvalue weighted by molar-refractivity contribution is 5.94. The number of amides is 2. The van der Waals surface area contributed by atoms with Crippen LogP contribution in [0.4, 0.5) is 11.4 Å². The van der Waals surface area contributed by atoms with Crippen LogP contribution >= 0.6 is 0 Å². The molecule has 0 atom stereocenters. The number of carbonyl (C=O) groups is 5. The Hall–Kier alpha value is -4.73. The molecule has 0 fully saturated rings. The molecule has 222 valence electrons. The first kappa shape index (κ1) is 32.5. The van der Waals surface area contributed by atoms with Gasteiger partial charge in [0.2, 0.25) is 11.8 Å². The summed E-state index contributed by atoms with van der Waals surface area (Å²) >= 11 is 0. The van der Waals surface area contributed by atoms with Gasteiger partial charge in [-0.05, 0) is 24.3 Å². The van der Waals surface area contributed by atoms with Crippen LogP contribution in [0.1, 0.15) is 0 Å². The molecule has 0 aliphatic carbocycles. The van der Waals surface area contributed by atoms with Crippen LogP contribution < -0.4 is 10.6 Å². The normalized spacial score (nSPS) is 11.0. The van der Waals surface area contributed by atoms with E-state index in [4.69, 9.17) is 0 Å². The quantitative estimate of drug-likeness (QED) is 0.115. The predicted molar refractivity (Wildman–Crippen MR) is 146 cm³/mol. The summed E-state index contributed by atoms with van der Waals surface area (Å²) in [5.74, 6) is -5.14. The van der Waals surface area contributed by atoms with Crippen LogP contribution in [0.5, 0.6) is 11.5 Å². The van der Waals surface area contributed by atoms with Gasteiger partial charge in [-0.1, -0.05) is 24.3 Å². The SMILES string of the molecule is O=C(O)CN(CCN(CC(=O)O)CC(=O)Nc1ccccc1O)CCN(CC(=O)O)CC(=O)Nc1ccccc1O. The Bertz CT molecular complexity index is 1140. The molecule has 2 aromatic carbocycles. The third-order valence-corrected chi connectivity index (χ3v) is 5.63. The number of aliphatic carboxylic acids is 3. The van der Waals surface area contributed by atoms with E-state index in [0.29, 0.717) is 0 Å². The number of nitrogens with one attached hydrogen (secondary N) is 2. The van der Waals surface area contributed by atoms with Crippen molar-refractivity contribution in [3.8, 4) is 11.5 Å². The minimum absolute atomic E-state index is 0.00838. The van der Waals surface area contributed by atoms with Crippen LogP contribution in [0, 0.1) is 0 Å². The molecule has 0 saturated carbocycles. The maximum Gasteiger partial charge on any atom is 0.317 e. The maximum absolute atomic E-state index is 12.5. The van der Waals surface area contributed by atoms with Gasteiger partial charge in [0, 0.05) is 26.2 Å². The second-order valence-electron chi connectivity index (χ2n) is 9.01. The molecule has 0 radical (unpaired) electrons.